The molecule has 0 fully saturated rings. The second-order valence-corrected chi connectivity index (χ2v) is 3.63. The third-order valence-electron chi connectivity index (χ3n) is 2.62. The van der Waals surface area contributed by atoms with Crippen LogP contribution in [0.4, 0.5) is 0 Å². The molecule has 82 valence electrons. The lowest BCUT2D eigenvalue weighted by atomic mass is 10.2. The average Bonchev–Trinajstić information content (AvgIpc) is 2.82. The molecule has 0 aromatic rings. The number of nitrogens with one attached hydrogen (secondary N) is 1. The Hall–Kier alpha value is -1.98. The highest BCUT2D eigenvalue weighted by Crippen LogP contribution is 2.26. The third-order valence-corrected chi connectivity index (χ3v) is 2.62. The summed E-state index contributed by atoms with van der Waals surface area (Å²) < 4.78 is 0. The average molecular weight is 215 g/mol. The van der Waals surface area contributed by atoms with Gasteiger partial charge < -0.3 is 0 Å². The van der Waals surface area contributed by atoms with Gasteiger partial charge in [-0.05, 0) is 30.4 Å². The molecule has 16 heavy (non-hydrogen) atoms. The molecular formula is C11H13N5. The van der Waals surface area contributed by atoms with Crippen molar-refractivity contribution >= 4 is 0 Å². The highest BCUT2D eigenvalue weighted by molar-refractivity contribution is 5.41. The number of rotatable bonds is 1. The summed E-state index contributed by atoms with van der Waals surface area (Å²) in [6.45, 7) is 0.846. The van der Waals surface area contributed by atoms with Gasteiger partial charge in [0, 0.05) is 25.1 Å². The van der Waals surface area contributed by atoms with Crippen molar-refractivity contribution in [3.05, 3.63) is 60.4 Å². The van der Waals surface area contributed by atoms with Gasteiger partial charge in [-0.25, -0.2) is 21.4 Å². The summed E-state index contributed by atoms with van der Waals surface area (Å²) in [5.74, 6) is 5.87. The van der Waals surface area contributed by atoms with Gasteiger partial charge in [-0.15, -0.1) is 0 Å². The Labute approximate surface area is 94.0 Å². The molecule has 3 rings (SSSR count). The molecule has 3 aliphatic rings. The van der Waals surface area contributed by atoms with E-state index in [2.05, 4.69) is 11.5 Å². The first-order valence-electron chi connectivity index (χ1n) is 5.16. The maximum absolute atomic E-state index is 5.87. The van der Waals surface area contributed by atoms with Crippen LogP contribution >= 0.6 is 0 Å². The topological polar surface area (TPSA) is 47.8 Å². The quantitative estimate of drug-likeness (QED) is 0.625. The van der Waals surface area contributed by atoms with Gasteiger partial charge >= 0.3 is 0 Å². The monoisotopic (exact) mass is 215 g/mol. The van der Waals surface area contributed by atoms with E-state index in [4.69, 9.17) is 5.84 Å². The van der Waals surface area contributed by atoms with Crippen molar-refractivity contribution in [3.8, 4) is 0 Å². The highest BCUT2D eigenvalue weighted by Gasteiger charge is 2.23. The fraction of sp³-hybridized carbons (Fsp3) is 0.0909. The van der Waals surface area contributed by atoms with Crippen molar-refractivity contribution < 1.29 is 0 Å². The first-order valence-corrected chi connectivity index (χ1v) is 5.16. The summed E-state index contributed by atoms with van der Waals surface area (Å²) >= 11 is 0. The molecule has 3 aliphatic heterocycles. The normalized spacial score (nSPS) is 22.4. The third kappa shape index (κ3) is 1.34. The van der Waals surface area contributed by atoms with Crippen LogP contribution in [0.15, 0.2) is 60.4 Å². The minimum Gasteiger partial charge on any atom is -0.285 e. The lowest BCUT2D eigenvalue weighted by Crippen LogP contribution is -2.44. The number of nitrogens with two attached hydrogens (primary N) is 1. The van der Waals surface area contributed by atoms with E-state index >= 15 is 0 Å². The van der Waals surface area contributed by atoms with Gasteiger partial charge in [0.25, 0.3) is 0 Å². The smallest absolute Gasteiger partial charge is 0.0892 e. The van der Waals surface area contributed by atoms with Crippen molar-refractivity contribution in [1.29, 1.82) is 0 Å². The molecule has 0 aliphatic carbocycles. The highest BCUT2D eigenvalue weighted by atomic mass is 15.8. The summed E-state index contributed by atoms with van der Waals surface area (Å²) in [5, 5.41) is 5.57. The number of allylic oxidation sites excluding steroid dienone is 4. The van der Waals surface area contributed by atoms with Crippen LogP contribution < -0.4 is 11.3 Å². The van der Waals surface area contributed by atoms with Crippen molar-refractivity contribution in [2.24, 2.45) is 5.84 Å². The number of hydrogen-bond donors (Lipinski definition) is 2. The Balaban J connectivity index is 1.94. The van der Waals surface area contributed by atoms with Crippen LogP contribution in [-0.4, -0.2) is 21.7 Å². The van der Waals surface area contributed by atoms with E-state index < -0.39 is 0 Å². The van der Waals surface area contributed by atoms with E-state index in [1.807, 2.05) is 53.0 Å². The van der Waals surface area contributed by atoms with Gasteiger partial charge in [0.05, 0.1) is 11.4 Å². The zero-order valence-electron chi connectivity index (χ0n) is 8.74. The van der Waals surface area contributed by atoms with Crippen molar-refractivity contribution in [2.75, 3.05) is 6.54 Å². The van der Waals surface area contributed by atoms with Gasteiger partial charge in [0.15, 0.2) is 0 Å². The fourth-order valence-electron chi connectivity index (χ4n) is 1.87. The van der Waals surface area contributed by atoms with Crippen molar-refractivity contribution in [2.45, 2.75) is 0 Å². The van der Waals surface area contributed by atoms with Crippen LogP contribution in [0.25, 0.3) is 0 Å². The summed E-state index contributed by atoms with van der Waals surface area (Å²) in [7, 11) is 0. The lowest BCUT2D eigenvalue weighted by Gasteiger charge is -2.37. The largest absolute Gasteiger partial charge is 0.285 e. The van der Waals surface area contributed by atoms with E-state index in [1.54, 1.807) is 5.01 Å². The Kier molecular flexibility index (Phi) is 2.05. The Morgan fingerprint density at radius 3 is 2.69 bits per heavy atom. The molecule has 5 heteroatoms. The van der Waals surface area contributed by atoms with E-state index in [9.17, 15) is 0 Å². The molecule has 0 saturated heterocycles. The SMILES string of the molecule is NN1C=CC=C2C1=CC=CN2N1C=CCN1. The predicted octanol–water partition coefficient (Wildman–Crippen LogP) is 0.535. The minimum atomic E-state index is 0.846. The van der Waals surface area contributed by atoms with E-state index in [0.717, 1.165) is 17.9 Å². The molecule has 0 unspecified atom stereocenters. The summed E-state index contributed by atoms with van der Waals surface area (Å²) in [5.41, 5.74) is 5.25. The molecule has 0 aromatic carbocycles. The van der Waals surface area contributed by atoms with Crippen molar-refractivity contribution in [1.82, 2.24) is 20.6 Å². The lowest BCUT2D eigenvalue weighted by molar-refractivity contribution is 0.0701. The molecule has 3 N–H and O–H groups in total. The first-order chi connectivity index (χ1) is 7.86. The summed E-state index contributed by atoms with van der Waals surface area (Å²) in [6.07, 6.45) is 15.8. The molecule has 0 aromatic heterocycles. The molecule has 0 spiro atoms. The Morgan fingerprint density at radius 2 is 1.88 bits per heavy atom. The van der Waals surface area contributed by atoms with E-state index in [-0.39, 0.29) is 0 Å². The second-order valence-electron chi connectivity index (χ2n) is 3.63. The van der Waals surface area contributed by atoms with Gasteiger partial charge in [-0.2, -0.15) is 0 Å². The molecule has 5 nitrogen and oxygen atoms in total. The zero-order chi connectivity index (χ0) is 11.0. The van der Waals surface area contributed by atoms with E-state index in [0.29, 0.717) is 0 Å². The van der Waals surface area contributed by atoms with Crippen LogP contribution in [0.2, 0.25) is 0 Å². The maximum Gasteiger partial charge on any atom is 0.0892 e. The summed E-state index contributed by atoms with van der Waals surface area (Å²) in [6, 6.07) is 0. The molecule has 0 amide bonds. The molecule has 0 saturated carbocycles. The van der Waals surface area contributed by atoms with Crippen LogP contribution in [0.5, 0.6) is 0 Å². The molecule has 3 heterocycles. The molecule has 0 atom stereocenters. The van der Waals surface area contributed by atoms with Crippen molar-refractivity contribution in [3.63, 3.8) is 0 Å². The molecule has 0 radical (unpaired) electrons. The number of nitrogens with zero attached hydrogens (tertiary/aromatic N) is 3. The number of fused-ring (bicyclic) bond motifs is 1. The summed E-state index contributed by atoms with van der Waals surface area (Å²) in [4.78, 5) is 0. The Morgan fingerprint density at radius 1 is 1.06 bits per heavy atom. The van der Waals surface area contributed by atoms with Crippen LogP contribution in [0.1, 0.15) is 0 Å². The second kappa shape index (κ2) is 3.55. The fourth-order valence-corrected chi connectivity index (χ4v) is 1.87. The van der Waals surface area contributed by atoms with Crippen LogP contribution in [0, 0.1) is 0 Å². The molecule has 0 bridgehead atoms. The zero-order valence-corrected chi connectivity index (χ0v) is 8.74. The first kappa shape index (κ1) is 9.26. The van der Waals surface area contributed by atoms with Gasteiger partial charge in [-0.1, -0.05) is 0 Å². The number of hydrazine groups is 3. The van der Waals surface area contributed by atoms with Crippen LogP contribution in [-0.2, 0) is 0 Å². The number of hydrogen-bond acceptors (Lipinski definition) is 5. The van der Waals surface area contributed by atoms with Gasteiger partial charge in [0.1, 0.15) is 0 Å². The maximum atomic E-state index is 5.87. The Bertz CT molecular complexity index is 443. The van der Waals surface area contributed by atoms with Crippen LogP contribution in [0.3, 0.4) is 0 Å². The van der Waals surface area contributed by atoms with Gasteiger partial charge in [0.2, 0.25) is 0 Å². The van der Waals surface area contributed by atoms with E-state index in [1.165, 1.54) is 0 Å². The predicted molar refractivity (Wildman–Crippen MR) is 61.3 cm³/mol. The van der Waals surface area contributed by atoms with Gasteiger partial charge in [-0.3, -0.25) is 5.01 Å². The standard InChI is InChI=1S/C11H13N5/c12-14-7-1-5-11-10(14)4-2-8-15(11)16-9-3-6-13-16/h1-5,7-9,13H,6,12H2. The molecular weight excluding hydrogens is 202 g/mol. The minimum absolute atomic E-state index is 0.846.